The Balaban J connectivity index is 0.000000605. The fourth-order valence-corrected chi connectivity index (χ4v) is 2.61. The molecule has 1 fully saturated rings. The summed E-state index contributed by atoms with van der Waals surface area (Å²) in [6, 6.07) is 0. The van der Waals surface area contributed by atoms with E-state index in [0.29, 0.717) is 5.41 Å². The van der Waals surface area contributed by atoms with Crippen molar-refractivity contribution in [2.24, 2.45) is 11.3 Å². The Morgan fingerprint density at radius 3 is 2.17 bits per heavy atom. The Kier molecular flexibility index (Phi) is 3.79. The number of allylic oxidation sites excluding steroid dienone is 2. The van der Waals surface area contributed by atoms with E-state index in [2.05, 4.69) is 20.8 Å². The van der Waals surface area contributed by atoms with Crippen LogP contribution in [0.25, 0.3) is 0 Å². The molecule has 0 aromatic heterocycles. The van der Waals surface area contributed by atoms with Crippen LogP contribution in [0.3, 0.4) is 0 Å². The van der Waals surface area contributed by atoms with Crippen molar-refractivity contribution >= 4 is 0 Å². The summed E-state index contributed by atoms with van der Waals surface area (Å²) in [7, 11) is 0. The third-order valence-corrected chi connectivity index (χ3v) is 3.63. The molecule has 1 atom stereocenters. The molecule has 1 unspecified atom stereocenters. The van der Waals surface area contributed by atoms with E-state index in [1.807, 2.05) is 0 Å². The molecule has 0 aromatic rings. The van der Waals surface area contributed by atoms with Crippen LogP contribution in [0.1, 0.15) is 47.5 Å². The summed E-state index contributed by atoms with van der Waals surface area (Å²) in [4.78, 5) is 0. The Hall–Kier alpha value is 0.428. The molecule has 3 aliphatic carbocycles. The average Bonchev–Trinajstić information content (AvgIpc) is 1.87. The van der Waals surface area contributed by atoms with Crippen LogP contribution in [0.5, 0.6) is 0 Å². The molecule has 1 heteroatoms. The molecular weight excluding hydrogens is 316 g/mol. The average molecular weight is 336 g/mol. The zero-order chi connectivity index (χ0) is 7.35. The molecule has 0 saturated heterocycles. The first kappa shape index (κ1) is 12.4. The second-order valence-corrected chi connectivity index (χ2v) is 4.42. The molecule has 70 valence electrons. The third kappa shape index (κ3) is 1.43. The third-order valence-electron chi connectivity index (χ3n) is 3.63. The van der Waals surface area contributed by atoms with E-state index in [1.165, 1.54) is 19.3 Å². The van der Waals surface area contributed by atoms with Gasteiger partial charge in [0.1, 0.15) is 0 Å². The molecule has 0 radical (unpaired) electrons. The zero-order valence-electron chi connectivity index (χ0n) is 7.61. The van der Waals surface area contributed by atoms with Gasteiger partial charge in [-0.25, -0.2) is 0 Å². The summed E-state index contributed by atoms with van der Waals surface area (Å²) in [5.41, 5.74) is 4.04. The van der Waals surface area contributed by atoms with Crippen LogP contribution in [0, 0.1) is 11.3 Å². The molecule has 0 N–H and O–H groups in total. The van der Waals surface area contributed by atoms with Gasteiger partial charge in [-0.05, 0) is 37.5 Å². The second-order valence-electron chi connectivity index (χ2n) is 4.42. The molecule has 0 nitrogen and oxygen atoms in total. The van der Waals surface area contributed by atoms with Gasteiger partial charge in [-0.1, -0.05) is 32.4 Å². The standard InChI is InChI=1S/C10H16.CH4.W/c1-7-4-5-8-6-9(7)10(8,2)3;;/h8H,4-6H2,1-3H3;1H4;. The van der Waals surface area contributed by atoms with E-state index in [-0.39, 0.29) is 28.5 Å². The molecule has 3 aliphatic rings. The number of fused-ring (bicyclic) bond motifs is 2. The molecule has 0 aliphatic heterocycles. The number of hydrogen-bond donors (Lipinski definition) is 0. The minimum absolute atomic E-state index is 0. The number of rotatable bonds is 0. The summed E-state index contributed by atoms with van der Waals surface area (Å²) in [5, 5.41) is 0. The van der Waals surface area contributed by atoms with Gasteiger partial charge in [-0.2, -0.15) is 0 Å². The van der Waals surface area contributed by atoms with Gasteiger partial charge in [-0.3, -0.25) is 0 Å². The van der Waals surface area contributed by atoms with Crippen LogP contribution in [-0.2, 0) is 21.1 Å². The van der Waals surface area contributed by atoms with Gasteiger partial charge in [0.15, 0.2) is 0 Å². The van der Waals surface area contributed by atoms with Gasteiger partial charge in [0.05, 0.1) is 0 Å². The SMILES string of the molecule is C.CC1=C2CC(CC1)C2(C)C.[W]. The van der Waals surface area contributed by atoms with Crippen molar-refractivity contribution in [1.29, 1.82) is 0 Å². The van der Waals surface area contributed by atoms with Gasteiger partial charge in [0.2, 0.25) is 0 Å². The minimum Gasteiger partial charge on any atom is -0.0776 e. The van der Waals surface area contributed by atoms with Gasteiger partial charge >= 0.3 is 0 Å². The Morgan fingerprint density at radius 1 is 1.33 bits per heavy atom. The maximum absolute atomic E-state index is 2.40. The smallest absolute Gasteiger partial charge is 0 e. The van der Waals surface area contributed by atoms with E-state index >= 15 is 0 Å². The summed E-state index contributed by atoms with van der Waals surface area (Å²) in [6.07, 6.45) is 4.24. The molecule has 0 aromatic carbocycles. The molecule has 3 rings (SSSR count). The largest absolute Gasteiger partial charge is 0.0776 e. The van der Waals surface area contributed by atoms with Crippen LogP contribution >= 0.6 is 0 Å². The molecule has 0 amide bonds. The van der Waals surface area contributed by atoms with E-state index in [4.69, 9.17) is 0 Å². The van der Waals surface area contributed by atoms with Crippen molar-refractivity contribution in [1.82, 2.24) is 0 Å². The van der Waals surface area contributed by atoms with Gasteiger partial charge in [-0.15, -0.1) is 0 Å². The van der Waals surface area contributed by atoms with E-state index in [0.717, 1.165) is 5.92 Å². The minimum atomic E-state index is 0. The number of hydrogen-bond acceptors (Lipinski definition) is 0. The van der Waals surface area contributed by atoms with Crippen molar-refractivity contribution in [2.75, 3.05) is 0 Å². The topological polar surface area (TPSA) is 0 Å². The van der Waals surface area contributed by atoms with Crippen LogP contribution in [0.4, 0.5) is 0 Å². The van der Waals surface area contributed by atoms with Crippen molar-refractivity contribution in [3.8, 4) is 0 Å². The monoisotopic (exact) mass is 336 g/mol. The fraction of sp³-hybridized carbons (Fsp3) is 0.818. The van der Waals surface area contributed by atoms with E-state index < -0.39 is 0 Å². The van der Waals surface area contributed by atoms with Gasteiger partial charge in [0.25, 0.3) is 0 Å². The first-order valence-corrected chi connectivity index (χ1v) is 4.31. The van der Waals surface area contributed by atoms with Crippen LogP contribution < -0.4 is 0 Å². The molecule has 12 heavy (non-hydrogen) atoms. The van der Waals surface area contributed by atoms with Crippen LogP contribution in [0.15, 0.2) is 11.1 Å². The summed E-state index contributed by atoms with van der Waals surface area (Å²) >= 11 is 0. The predicted molar refractivity (Wildman–Crippen MR) is 50.6 cm³/mol. The van der Waals surface area contributed by atoms with E-state index in [9.17, 15) is 0 Å². The van der Waals surface area contributed by atoms with E-state index in [1.54, 1.807) is 11.1 Å². The maximum Gasteiger partial charge on any atom is 0 e. The van der Waals surface area contributed by atoms with Gasteiger partial charge < -0.3 is 0 Å². The maximum atomic E-state index is 2.40. The molecule has 2 bridgehead atoms. The normalized spacial score (nSPS) is 29.8. The fourth-order valence-electron chi connectivity index (χ4n) is 2.61. The molecular formula is C11H20W. The van der Waals surface area contributed by atoms with Gasteiger partial charge in [0, 0.05) is 21.1 Å². The molecule has 1 saturated carbocycles. The summed E-state index contributed by atoms with van der Waals surface area (Å²) < 4.78 is 0. The summed E-state index contributed by atoms with van der Waals surface area (Å²) in [5.74, 6) is 1.02. The van der Waals surface area contributed by atoms with Crippen molar-refractivity contribution in [2.45, 2.75) is 47.5 Å². The van der Waals surface area contributed by atoms with Crippen molar-refractivity contribution in [3.63, 3.8) is 0 Å². The zero-order valence-corrected chi connectivity index (χ0v) is 10.5. The molecule has 0 heterocycles. The Labute approximate surface area is 91.1 Å². The Bertz CT molecular complexity index is 201. The van der Waals surface area contributed by atoms with Crippen LogP contribution in [-0.4, -0.2) is 0 Å². The van der Waals surface area contributed by atoms with Crippen LogP contribution in [0.2, 0.25) is 0 Å². The second kappa shape index (κ2) is 3.66. The predicted octanol–water partition coefficient (Wildman–Crippen LogP) is 3.78. The summed E-state index contributed by atoms with van der Waals surface area (Å²) in [6.45, 7) is 7.12. The first-order valence-electron chi connectivity index (χ1n) is 4.31. The molecule has 0 spiro atoms. The Morgan fingerprint density at radius 2 is 1.92 bits per heavy atom. The van der Waals surface area contributed by atoms with Crippen molar-refractivity contribution in [3.05, 3.63) is 11.1 Å². The first-order chi connectivity index (χ1) is 4.62. The van der Waals surface area contributed by atoms with Crippen molar-refractivity contribution < 1.29 is 21.1 Å². The quantitative estimate of drug-likeness (QED) is 0.591.